The minimum Gasteiger partial charge on any atom is -0.508 e. The zero-order chi connectivity index (χ0) is 26.3. The Hall–Kier alpha value is -3.95. The van der Waals surface area contributed by atoms with Gasteiger partial charge in [-0.15, -0.1) is 0 Å². The molecule has 0 aliphatic carbocycles. The standard InChI is InChI=1S/C28H32N6O3/c1-4-16-13-19(35)6-8-20(16)18-5-7-21-22(14-18)32-33-24(21)26-30-15-23(31-26)17-9-11-34(12-10-17)27(36)25(29)28(2,3)37/h5-9,13-15,25,35,37H,4,10-12,29H2,1-3H3,(H,30,31)(H,32,33)/t25-/m1/s1. The van der Waals surface area contributed by atoms with E-state index in [1.807, 2.05) is 24.4 Å². The molecule has 1 atom stereocenters. The number of carbonyl (C=O) groups excluding carboxylic acids is 1. The number of nitrogens with zero attached hydrogens (tertiary/aromatic N) is 3. The minimum absolute atomic E-state index is 0.258. The van der Waals surface area contributed by atoms with E-state index in [1.165, 1.54) is 0 Å². The molecule has 6 N–H and O–H groups in total. The van der Waals surface area contributed by atoms with Gasteiger partial charge in [-0.25, -0.2) is 4.98 Å². The van der Waals surface area contributed by atoms with Crippen molar-refractivity contribution in [2.45, 2.75) is 45.3 Å². The van der Waals surface area contributed by atoms with Gasteiger partial charge in [-0.2, -0.15) is 5.10 Å². The molecule has 0 radical (unpaired) electrons. The predicted octanol–water partition coefficient (Wildman–Crippen LogP) is 3.60. The Morgan fingerprint density at radius 3 is 2.76 bits per heavy atom. The molecular formula is C28H32N6O3. The molecule has 3 heterocycles. The number of amides is 1. The average Bonchev–Trinajstić information content (AvgIpc) is 3.54. The van der Waals surface area contributed by atoms with E-state index in [-0.39, 0.29) is 11.7 Å². The van der Waals surface area contributed by atoms with E-state index in [9.17, 15) is 15.0 Å². The summed E-state index contributed by atoms with van der Waals surface area (Å²) in [4.78, 5) is 22.3. The quantitative estimate of drug-likeness (QED) is 0.274. The van der Waals surface area contributed by atoms with Crippen molar-refractivity contribution in [2.24, 2.45) is 5.73 Å². The fourth-order valence-electron chi connectivity index (χ4n) is 4.73. The van der Waals surface area contributed by atoms with Crippen LogP contribution in [0.1, 0.15) is 38.4 Å². The molecule has 5 rings (SSSR count). The van der Waals surface area contributed by atoms with E-state index in [0.717, 1.165) is 51.0 Å². The van der Waals surface area contributed by atoms with Crippen LogP contribution in [0.5, 0.6) is 5.75 Å². The molecule has 9 heteroatoms. The maximum atomic E-state index is 12.6. The second-order valence-electron chi connectivity index (χ2n) is 10.1. The number of fused-ring (bicyclic) bond motifs is 1. The van der Waals surface area contributed by atoms with Gasteiger partial charge in [-0.3, -0.25) is 9.89 Å². The van der Waals surface area contributed by atoms with Gasteiger partial charge in [0, 0.05) is 24.7 Å². The summed E-state index contributed by atoms with van der Waals surface area (Å²) >= 11 is 0. The van der Waals surface area contributed by atoms with Crippen LogP contribution in [0.4, 0.5) is 0 Å². The first-order valence-electron chi connectivity index (χ1n) is 12.5. The van der Waals surface area contributed by atoms with Gasteiger partial charge in [-0.1, -0.05) is 25.1 Å². The average molecular weight is 501 g/mol. The number of benzene rings is 2. The van der Waals surface area contributed by atoms with Crippen LogP contribution in [0, 0.1) is 0 Å². The summed E-state index contributed by atoms with van der Waals surface area (Å²) in [5, 5.41) is 28.5. The maximum Gasteiger partial charge on any atom is 0.242 e. The zero-order valence-electron chi connectivity index (χ0n) is 21.2. The van der Waals surface area contributed by atoms with Gasteiger partial charge in [0.05, 0.1) is 16.8 Å². The van der Waals surface area contributed by atoms with E-state index in [1.54, 1.807) is 30.9 Å². The van der Waals surface area contributed by atoms with Gasteiger partial charge in [0.15, 0.2) is 5.82 Å². The highest BCUT2D eigenvalue weighted by Gasteiger charge is 2.33. The first-order valence-corrected chi connectivity index (χ1v) is 12.5. The Kier molecular flexibility index (Phi) is 6.35. The molecule has 2 aromatic carbocycles. The molecule has 1 aliphatic heterocycles. The van der Waals surface area contributed by atoms with Crippen molar-refractivity contribution < 1.29 is 15.0 Å². The summed E-state index contributed by atoms with van der Waals surface area (Å²) in [6.07, 6.45) is 5.31. The van der Waals surface area contributed by atoms with E-state index in [2.05, 4.69) is 34.2 Å². The van der Waals surface area contributed by atoms with Crippen molar-refractivity contribution >= 4 is 22.4 Å². The van der Waals surface area contributed by atoms with E-state index in [4.69, 9.17) is 10.7 Å². The number of aromatic nitrogens is 4. The van der Waals surface area contributed by atoms with Gasteiger partial charge in [0.1, 0.15) is 17.5 Å². The Morgan fingerprint density at radius 1 is 1.24 bits per heavy atom. The first-order chi connectivity index (χ1) is 17.7. The highest BCUT2D eigenvalue weighted by atomic mass is 16.3. The topological polar surface area (TPSA) is 144 Å². The molecule has 0 saturated carbocycles. The molecule has 0 unspecified atom stereocenters. The van der Waals surface area contributed by atoms with E-state index < -0.39 is 11.6 Å². The lowest BCUT2D eigenvalue weighted by Crippen LogP contribution is -2.55. The number of carbonyl (C=O) groups is 1. The third-order valence-corrected chi connectivity index (χ3v) is 7.02. The van der Waals surface area contributed by atoms with Crippen molar-refractivity contribution in [3.8, 4) is 28.4 Å². The zero-order valence-corrected chi connectivity index (χ0v) is 21.2. The Bertz CT molecular complexity index is 1490. The maximum absolute atomic E-state index is 12.6. The van der Waals surface area contributed by atoms with Crippen molar-refractivity contribution in [3.63, 3.8) is 0 Å². The summed E-state index contributed by atoms with van der Waals surface area (Å²) in [5.74, 6) is 0.673. The molecular weight excluding hydrogens is 468 g/mol. The summed E-state index contributed by atoms with van der Waals surface area (Å²) in [6.45, 7) is 6.09. The smallest absolute Gasteiger partial charge is 0.242 e. The number of aromatic amines is 2. The lowest BCUT2D eigenvalue weighted by molar-refractivity contribution is -0.137. The van der Waals surface area contributed by atoms with Crippen LogP contribution in [0.2, 0.25) is 0 Å². The number of hydrogen-bond acceptors (Lipinski definition) is 6. The van der Waals surface area contributed by atoms with Gasteiger partial charge >= 0.3 is 0 Å². The largest absolute Gasteiger partial charge is 0.508 e. The molecule has 0 saturated heterocycles. The number of aromatic hydroxyl groups is 1. The van der Waals surface area contributed by atoms with Gasteiger partial charge in [0.25, 0.3) is 0 Å². The number of H-pyrrole nitrogens is 2. The summed E-state index contributed by atoms with van der Waals surface area (Å²) in [5.41, 5.74) is 11.4. The predicted molar refractivity (Wildman–Crippen MR) is 144 cm³/mol. The molecule has 1 amide bonds. The van der Waals surface area contributed by atoms with Crippen LogP contribution in [0.3, 0.4) is 0 Å². The number of rotatable bonds is 6. The molecule has 37 heavy (non-hydrogen) atoms. The SMILES string of the molecule is CCc1cc(O)ccc1-c1ccc2c(-c3nc(C4=CCN(C(=O)[C@@H](N)C(C)(C)O)CC4)c[nH]3)n[nH]c2c1. The number of phenols is 1. The van der Waals surface area contributed by atoms with Crippen molar-refractivity contribution in [1.29, 1.82) is 0 Å². The molecule has 0 fully saturated rings. The third kappa shape index (κ3) is 4.75. The monoisotopic (exact) mass is 500 g/mol. The van der Waals surface area contributed by atoms with Gasteiger partial charge in [-0.05, 0) is 73.2 Å². The van der Waals surface area contributed by atoms with Crippen LogP contribution in [-0.2, 0) is 11.2 Å². The van der Waals surface area contributed by atoms with Crippen LogP contribution in [0.25, 0.3) is 39.1 Å². The number of aryl methyl sites for hydroxylation is 1. The van der Waals surface area contributed by atoms with Crippen molar-refractivity contribution in [2.75, 3.05) is 13.1 Å². The lowest BCUT2D eigenvalue weighted by atomic mass is 9.97. The van der Waals surface area contributed by atoms with E-state index >= 15 is 0 Å². The number of phenolic OH excluding ortho intramolecular Hbond substituents is 1. The van der Waals surface area contributed by atoms with Crippen LogP contribution >= 0.6 is 0 Å². The molecule has 0 spiro atoms. The van der Waals surface area contributed by atoms with E-state index in [0.29, 0.717) is 25.3 Å². The molecule has 9 nitrogen and oxygen atoms in total. The Balaban J connectivity index is 1.36. The highest BCUT2D eigenvalue weighted by Crippen LogP contribution is 2.33. The summed E-state index contributed by atoms with van der Waals surface area (Å²) in [7, 11) is 0. The van der Waals surface area contributed by atoms with Crippen LogP contribution < -0.4 is 5.73 Å². The molecule has 192 valence electrons. The van der Waals surface area contributed by atoms with Crippen molar-refractivity contribution in [3.05, 3.63) is 59.9 Å². The Morgan fingerprint density at radius 2 is 2.05 bits per heavy atom. The fourth-order valence-corrected chi connectivity index (χ4v) is 4.73. The molecule has 2 aromatic heterocycles. The molecule has 0 bridgehead atoms. The summed E-state index contributed by atoms with van der Waals surface area (Å²) in [6, 6.07) is 10.6. The van der Waals surface area contributed by atoms with Gasteiger partial charge < -0.3 is 25.8 Å². The van der Waals surface area contributed by atoms with Crippen molar-refractivity contribution in [1.82, 2.24) is 25.1 Å². The molecule has 4 aromatic rings. The number of nitrogens with two attached hydrogens (primary N) is 1. The normalized spacial score (nSPS) is 15.2. The number of hydrogen-bond donors (Lipinski definition) is 5. The van der Waals surface area contributed by atoms with Crippen LogP contribution in [-0.4, -0.2) is 65.9 Å². The highest BCUT2D eigenvalue weighted by molar-refractivity contribution is 5.94. The lowest BCUT2D eigenvalue weighted by Gasteiger charge is -2.32. The third-order valence-electron chi connectivity index (χ3n) is 7.02. The number of aliphatic hydroxyl groups is 1. The first kappa shape index (κ1) is 24.7. The fraction of sp³-hybridized carbons (Fsp3) is 0.321. The van der Waals surface area contributed by atoms with Crippen LogP contribution in [0.15, 0.2) is 48.7 Å². The second-order valence-corrected chi connectivity index (χ2v) is 10.1. The number of imidazole rings is 1. The minimum atomic E-state index is -1.27. The van der Waals surface area contributed by atoms with Gasteiger partial charge in [0.2, 0.25) is 5.91 Å². The Labute approximate surface area is 215 Å². The summed E-state index contributed by atoms with van der Waals surface area (Å²) < 4.78 is 0. The molecule has 1 aliphatic rings. The second kappa shape index (κ2) is 9.49. The number of nitrogens with one attached hydrogen (secondary N) is 2.